The van der Waals surface area contributed by atoms with E-state index >= 15 is 0 Å². The maximum absolute atomic E-state index is 13.2. The predicted molar refractivity (Wildman–Crippen MR) is 93.6 cm³/mol. The van der Waals surface area contributed by atoms with Gasteiger partial charge in [-0.1, -0.05) is 67.0 Å². The van der Waals surface area contributed by atoms with Gasteiger partial charge in [0.1, 0.15) is 0 Å². The number of ether oxygens (including phenoxy) is 1. The summed E-state index contributed by atoms with van der Waals surface area (Å²) in [6, 6.07) is 0. The molecule has 1 unspecified atom stereocenters. The van der Waals surface area contributed by atoms with Crippen LogP contribution in [0.25, 0.3) is 0 Å². The smallest absolute Gasteiger partial charge is 0.369 e. The van der Waals surface area contributed by atoms with Gasteiger partial charge in [0.15, 0.2) is 5.76 Å². The molecule has 0 radical (unpaired) electrons. The molecule has 0 aromatic rings. The number of hydrogen-bond acceptors (Lipinski definition) is 1. The van der Waals surface area contributed by atoms with Gasteiger partial charge in [-0.3, -0.25) is 0 Å². The van der Waals surface area contributed by atoms with Crippen LogP contribution in [0.3, 0.4) is 0 Å². The third-order valence-corrected chi connectivity index (χ3v) is 3.87. The first kappa shape index (κ1) is 25.2. The summed E-state index contributed by atoms with van der Waals surface area (Å²) in [4.78, 5) is 0. The van der Waals surface area contributed by atoms with Crippen molar-refractivity contribution in [3.8, 4) is 0 Å². The van der Waals surface area contributed by atoms with E-state index in [2.05, 4.69) is 45.6 Å². The van der Waals surface area contributed by atoms with Crippen LogP contribution in [-0.2, 0) is 4.74 Å². The van der Waals surface area contributed by atoms with E-state index in [1.165, 1.54) is 33.1 Å². The lowest BCUT2D eigenvalue weighted by Gasteiger charge is -2.28. The SMILES string of the molecule is C=C(CC)C(F)(F)C(F)(F)C(=C)OCC.CCC(C)CCC(C)C. The lowest BCUT2D eigenvalue weighted by Crippen LogP contribution is -2.43. The highest BCUT2D eigenvalue weighted by atomic mass is 19.3. The van der Waals surface area contributed by atoms with Crippen LogP contribution < -0.4 is 0 Å². The van der Waals surface area contributed by atoms with Crippen LogP contribution in [0.2, 0.25) is 0 Å². The molecule has 0 aromatic carbocycles. The topological polar surface area (TPSA) is 9.23 Å². The summed E-state index contributed by atoms with van der Waals surface area (Å²) in [5.74, 6) is -8.15. The molecule has 0 aromatic heterocycles. The summed E-state index contributed by atoms with van der Waals surface area (Å²) in [5, 5.41) is 0. The van der Waals surface area contributed by atoms with Crippen LogP contribution in [0.1, 0.15) is 67.2 Å². The molecule has 144 valence electrons. The number of hydrogen-bond donors (Lipinski definition) is 0. The molecule has 0 aliphatic carbocycles. The molecular formula is C19H34F4O. The Hall–Kier alpha value is -1.00. The van der Waals surface area contributed by atoms with Crippen molar-refractivity contribution >= 4 is 0 Å². The third kappa shape index (κ3) is 8.20. The quantitative estimate of drug-likeness (QED) is 0.228. The molecule has 0 aliphatic heterocycles. The molecule has 0 saturated carbocycles. The zero-order valence-corrected chi connectivity index (χ0v) is 16.0. The summed E-state index contributed by atoms with van der Waals surface area (Å²) in [6.45, 7) is 17.5. The Bertz CT molecular complexity index is 376. The van der Waals surface area contributed by atoms with E-state index < -0.39 is 23.2 Å². The molecule has 5 heteroatoms. The van der Waals surface area contributed by atoms with E-state index in [0.29, 0.717) is 0 Å². The van der Waals surface area contributed by atoms with E-state index in [4.69, 9.17) is 0 Å². The fourth-order valence-electron chi connectivity index (χ4n) is 1.71. The second-order valence-electron chi connectivity index (χ2n) is 6.45. The van der Waals surface area contributed by atoms with Gasteiger partial charge in [-0.05, 0) is 30.8 Å². The lowest BCUT2D eigenvalue weighted by atomic mass is 9.98. The predicted octanol–water partition coefficient (Wildman–Crippen LogP) is 7.24. The first-order valence-corrected chi connectivity index (χ1v) is 8.64. The first-order valence-electron chi connectivity index (χ1n) is 8.64. The van der Waals surface area contributed by atoms with Gasteiger partial charge in [0, 0.05) is 0 Å². The Kier molecular flexibility index (Phi) is 12.1. The van der Waals surface area contributed by atoms with Crippen LogP contribution in [0, 0.1) is 11.8 Å². The Morgan fingerprint density at radius 2 is 1.42 bits per heavy atom. The van der Waals surface area contributed by atoms with Gasteiger partial charge in [0.05, 0.1) is 6.61 Å². The minimum atomic E-state index is -4.42. The van der Waals surface area contributed by atoms with Crippen molar-refractivity contribution in [1.82, 2.24) is 0 Å². The Labute approximate surface area is 145 Å². The van der Waals surface area contributed by atoms with Gasteiger partial charge < -0.3 is 4.74 Å². The average Bonchev–Trinajstić information content (AvgIpc) is 2.52. The monoisotopic (exact) mass is 354 g/mol. The van der Waals surface area contributed by atoms with Crippen molar-refractivity contribution in [2.24, 2.45) is 11.8 Å². The number of alkyl halides is 4. The van der Waals surface area contributed by atoms with Gasteiger partial charge in [0.2, 0.25) is 0 Å². The van der Waals surface area contributed by atoms with E-state index in [0.717, 1.165) is 11.8 Å². The first-order chi connectivity index (χ1) is 10.9. The molecule has 0 N–H and O–H groups in total. The molecule has 24 heavy (non-hydrogen) atoms. The largest absolute Gasteiger partial charge is 0.492 e. The van der Waals surface area contributed by atoms with E-state index in [-0.39, 0.29) is 13.0 Å². The third-order valence-electron chi connectivity index (χ3n) is 3.87. The summed E-state index contributed by atoms with van der Waals surface area (Å²) >= 11 is 0. The fraction of sp³-hybridized carbons (Fsp3) is 0.789. The van der Waals surface area contributed by atoms with Crippen LogP contribution in [-0.4, -0.2) is 18.5 Å². The van der Waals surface area contributed by atoms with Crippen molar-refractivity contribution in [3.05, 3.63) is 24.5 Å². The normalized spacial score (nSPS) is 13.1. The summed E-state index contributed by atoms with van der Waals surface area (Å²) in [5.41, 5.74) is -0.839. The van der Waals surface area contributed by atoms with Gasteiger partial charge in [0.25, 0.3) is 0 Å². The molecule has 0 saturated heterocycles. The standard InChI is InChI=1S/C10H14F4O.C9H20/c1-5-7(3)9(11,12)10(13,14)8(4)15-6-2;1-5-9(4)7-6-8(2)3/h3-6H2,1-2H3;8-9H,5-7H2,1-4H3. The summed E-state index contributed by atoms with van der Waals surface area (Å²) in [7, 11) is 0. The van der Waals surface area contributed by atoms with E-state index in [9.17, 15) is 17.6 Å². The number of rotatable bonds is 10. The summed E-state index contributed by atoms with van der Waals surface area (Å²) < 4.78 is 57.0. The molecule has 0 amide bonds. The molecule has 0 rings (SSSR count). The molecule has 1 nitrogen and oxygen atoms in total. The van der Waals surface area contributed by atoms with Crippen LogP contribution in [0.4, 0.5) is 17.6 Å². The molecule has 0 spiro atoms. The van der Waals surface area contributed by atoms with Crippen LogP contribution in [0.5, 0.6) is 0 Å². The Morgan fingerprint density at radius 1 is 0.917 bits per heavy atom. The maximum atomic E-state index is 13.2. The molecule has 0 bridgehead atoms. The maximum Gasteiger partial charge on any atom is 0.369 e. The molecule has 1 atom stereocenters. The zero-order chi connectivity index (χ0) is 19.6. The van der Waals surface area contributed by atoms with E-state index in [1.54, 1.807) is 0 Å². The number of halogens is 4. The second kappa shape index (κ2) is 11.5. The van der Waals surface area contributed by atoms with Crippen molar-refractivity contribution < 1.29 is 22.3 Å². The second-order valence-corrected chi connectivity index (χ2v) is 6.45. The van der Waals surface area contributed by atoms with Gasteiger partial charge in [-0.2, -0.15) is 17.6 Å². The Morgan fingerprint density at radius 3 is 1.75 bits per heavy atom. The minimum absolute atomic E-state index is 0.136. The van der Waals surface area contributed by atoms with Gasteiger partial charge in [-0.15, -0.1) is 0 Å². The average molecular weight is 354 g/mol. The highest BCUT2D eigenvalue weighted by Crippen LogP contribution is 2.44. The van der Waals surface area contributed by atoms with Crippen LogP contribution >= 0.6 is 0 Å². The van der Waals surface area contributed by atoms with Gasteiger partial charge in [-0.25, -0.2) is 0 Å². The van der Waals surface area contributed by atoms with E-state index in [1.807, 2.05) is 0 Å². The number of allylic oxidation sites excluding steroid dienone is 2. The Balaban J connectivity index is 0. The lowest BCUT2D eigenvalue weighted by molar-refractivity contribution is -0.183. The van der Waals surface area contributed by atoms with Crippen LogP contribution in [0.15, 0.2) is 24.5 Å². The zero-order valence-electron chi connectivity index (χ0n) is 16.0. The van der Waals surface area contributed by atoms with Crippen molar-refractivity contribution in [2.75, 3.05) is 6.61 Å². The minimum Gasteiger partial charge on any atom is -0.492 e. The molecule has 0 heterocycles. The fourth-order valence-corrected chi connectivity index (χ4v) is 1.71. The molecule has 0 aliphatic rings. The summed E-state index contributed by atoms with van der Waals surface area (Å²) in [6.07, 6.45) is 3.91. The highest BCUT2D eigenvalue weighted by molar-refractivity contribution is 5.20. The van der Waals surface area contributed by atoms with Crippen molar-refractivity contribution in [3.63, 3.8) is 0 Å². The van der Waals surface area contributed by atoms with Gasteiger partial charge >= 0.3 is 11.8 Å². The molecule has 0 fully saturated rings. The molecular weight excluding hydrogens is 320 g/mol. The van der Waals surface area contributed by atoms with Crippen molar-refractivity contribution in [1.29, 1.82) is 0 Å². The highest BCUT2D eigenvalue weighted by Gasteiger charge is 2.60. The van der Waals surface area contributed by atoms with Crippen molar-refractivity contribution in [2.45, 2.75) is 79.1 Å².